The zero-order chi connectivity index (χ0) is 18.6. The predicted octanol–water partition coefficient (Wildman–Crippen LogP) is 3.00. The second-order valence-corrected chi connectivity index (χ2v) is 7.50. The van der Waals surface area contributed by atoms with Crippen molar-refractivity contribution in [3.63, 3.8) is 0 Å². The molecule has 144 valence electrons. The lowest BCUT2D eigenvalue weighted by atomic mass is 9.88. The van der Waals surface area contributed by atoms with E-state index in [4.69, 9.17) is 4.74 Å². The number of carbonyl (C=O) groups is 1. The van der Waals surface area contributed by atoms with Crippen LogP contribution in [0.1, 0.15) is 37.7 Å². The highest BCUT2D eigenvalue weighted by Crippen LogP contribution is 2.38. The molecule has 2 saturated heterocycles. The molecule has 1 aromatic carbocycles. The van der Waals surface area contributed by atoms with Crippen molar-refractivity contribution in [1.82, 2.24) is 9.80 Å². The molecule has 26 heavy (non-hydrogen) atoms. The van der Waals surface area contributed by atoms with Gasteiger partial charge in [-0.15, -0.1) is 0 Å². The Morgan fingerprint density at radius 2 is 1.77 bits per heavy atom. The minimum absolute atomic E-state index is 0.0477. The Morgan fingerprint density at radius 3 is 2.46 bits per heavy atom. The van der Waals surface area contributed by atoms with E-state index in [0.717, 1.165) is 51.6 Å². The predicted molar refractivity (Wildman–Crippen MR) is 95.9 cm³/mol. The average molecular weight is 366 g/mol. The maximum atomic E-state index is 13.4. The van der Waals surface area contributed by atoms with Crippen LogP contribution in [0.5, 0.6) is 0 Å². The van der Waals surface area contributed by atoms with Crippen molar-refractivity contribution < 1.29 is 18.3 Å². The van der Waals surface area contributed by atoms with Gasteiger partial charge in [0.1, 0.15) is 11.6 Å². The Labute approximate surface area is 154 Å². The zero-order valence-electron chi connectivity index (χ0n) is 15.5. The van der Waals surface area contributed by atoms with E-state index >= 15 is 0 Å². The molecule has 3 rings (SSSR count). The van der Waals surface area contributed by atoms with E-state index in [-0.39, 0.29) is 17.9 Å². The van der Waals surface area contributed by atoms with E-state index in [1.807, 2.05) is 4.90 Å². The van der Waals surface area contributed by atoms with Crippen LogP contribution < -0.4 is 0 Å². The monoisotopic (exact) mass is 366 g/mol. The highest BCUT2D eigenvalue weighted by atomic mass is 19.1. The second-order valence-electron chi connectivity index (χ2n) is 7.50. The Balaban J connectivity index is 1.61. The van der Waals surface area contributed by atoms with E-state index < -0.39 is 11.6 Å². The molecule has 2 heterocycles. The van der Waals surface area contributed by atoms with Gasteiger partial charge in [0.25, 0.3) is 0 Å². The molecule has 0 radical (unpaired) electrons. The molecule has 6 heteroatoms. The number of nitrogens with zero attached hydrogens (tertiary/aromatic N) is 2. The lowest BCUT2D eigenvalue weighted by molar-refractivity contribution is -0.130. The van der Waals surface area contributed by atoms with E-state index in [1.165, 1.54) is 25.0 Å². The first-order chi connectivity index (χ1) is 12.5. The second kappa shape index (κ2) is 8.44. The highest BCUT2D eigenvalue weighted by molar-refractivity contribution is 5.78. The van der Waals surface area contributed by atoms with E-state index in [9.17, 15) is 13.6 Å². The van der Waals surface area contributed by atoms with Crippen LogP contribution in [0.2, 0.25) is 0 Å². The van der Waals surface area contributed by atoms with Crippen LogP contribution >= 0.6 is 0 Å². The van der Waals surface area contributed by atoms with Crippen LogP contribution in [-0.2, 0) is 16.0 Å². The van der Waals surface area contributed by atoms with Crippen molar-refractivity contribution in [3.8, 4) is 0 Å². The number of ether oxygens (including phenoxy) is 1. The third kappa shape index (κ3) is 4.41. The molecular formula is C20H28F2N2O2. The van der Waals surface area contributed by atoms with Gasteiger partial charge >= 0.3 is 0 Å². The Bertz CT molecular complexity index is 620. The lowest BCUT2D eigenvalue weighted by Crippen LogP contribution is -2.46. The van der Waals surface area contributed by atoms with Gasteiger partial charge in [-0.1, -0.05) is 0 Å². The Morgan fingerprint density at radius 1 is 1.08 bits per heavy atom. The molecule has 2 aliphatic rings. The number of hydrogen-bond acceptors (Lipinski definition) is 3. The summed E-state index contributed by atoms with van der Waals surface area (Å²) in [5.74, 6) is -1.32. The Kier molecular flexibility index (Phi) is 6.24. The first-order valence-electron chi connectivity index (χ1n) is 9.49. The number of rotatable bonds is 5. The Hall–Kier alpha value is -1.53. The summed E-state index contributed by atoms with van der Waals surface area (Å²) in [6.07, 6.45) is 5.44. The molecular weight excluding hydrogens is 338 g/mol. The maximum Gasteiger partial charge on any atom is 0.226 e. The number of benzene rings is 1. The van der Waals surface area contributed by atoms with Gasteiger partial charge < -0.3 is 9.64 Å². The van der Waals surface area contributed by atoms with Gasteiger partial charge in [0.2, 0.25) is 5.91 Å². The largest absolute Gasteiger partial charge is 0.383 e. The van der Waals surface area contributed by atoms with Crippen molar-refractivity contribution in [2.24, 2.45) is 0 Å². The number of hydrogen-bond donors (Lipinski definition) is 0. The van der Waals surface area contributed by atoms with Crippen molar-refractivity contribution in [1.29, 1.82) is 0 Å². The van der Waals surface area contributed by atoms with Gasteiger partial charge in [-0.05, 0) is 56.3 Å². The van der Waals surface area contributed by atoms with Gasteiger partial charge in [0.15, 0.2) is 0 Å². The summed E-state index contributed by atoms with van der Waals surface area (Å²) in [6, 6.07) is 3.31. The molecule has 1 amide bonds. The first kappa shape index (κ1) is 19.2. The number of methoxy groups -OCH3 is 1. The molecule has 0 saturated carbocycles. The molecule has 1 atom stereocenters. The van der Waals surface area contributed by atoms with Gasteiger partial charge in [-0.25, -0.2) is 8.78 Å². The topological polar surface area (TPSA) is 32.8 Å². The van der Waals surface area contributed by atoms with Crippen LogP contribution in [0.3, 0.4) is 0 Å². The fourth-order valence-corrected chi connectivity index (χ4v) is 4.54. The summed E-state index contributed by atoms with van der Waals surface area (Å²) in [5.41, 5.74) is 0.576. The molecule has 1 spiro atoms. The lowest BCUT2D eigenvalue weighted by Gasteiger charge is -2.38. The maximum absolute atomic E-state index is 13.4. The number of likely N-dealkylation sites (tertiary alicyclic amines) is 2. The summed E-state index contributed by atoms with van der Waals surface area (Å²) < 4.78 is 31.9. The minimum Gasteiger partial charge on any atom is -0.383 e. The highest BCUT2D eigenvalue weighted by Gasteiger charge is 2.41. The van der Waals surface area contributed by atoms with Gasteiger partial charge in [0.05, 0.1) is 13.0 Å². The van der Waals surface area contributed by atoms with Crippen LogP contribution in [-0.4, -0.2) is 61.1 Å². The SMILES string of the molecule is COCCN1CCC[C@]12CCCN(C(=O)Cc1cc(F)cc(F)c1)CC2. The fraction of sp³-hybridized carbons (Fsp3) is 0.650. The molecule has 0 bridgehead atoms. The molecule has 0 aromatic heterocycles. The third-order valence-electron chi connectivity index (χ3n) is 5.85. The number of carbonyl (C=O) groups excluding carboxylic acids is 1. The van der Waals surface area contributed by atoms with E-state index in [0.29, 0.717) is 12.1 Å². The summed E-state index contributed by atoms with van der Waals surface area (Å²) in [5, 5.41) is 0. The van der Waals surface area contributed by atoms with Gasteiger partial charge in [-0.3, -0.25) is 9.69 Å². The zero-order valence-corrected chi connectivity index (χ0v) is 15.5. The standard InChI is InChI=1S/C20H28F2N2O2/c1-26-11-10-24-8-3-5-20(24)4-2-7-23(9-6-20)19(25)14-16-12-17(21)15-18(22)13-16/h12-13,15H,2-11,14H2,1H3/t20-/m0/s1. The number of halogens is 2. The summed E-state index contributed by atoms with van der Waals surface area (Å²) in [7, 11) is 1.73. The quantitative estimate of drug-likeness (QED) is 0.803. The van der Waals surface area contributed by atoms with Crippen LogP contribution in [0.15, 0.2) is 18.2 Å². The van der Waals surface area contributed by atoms with Crippen molar-refractivity contribution >= 4 is 5.91 Å². The smallest absolute Gasteiger partial charge is 0.226 e. The molecule has 4 nitrogen and oxygen atoms in total. The summed E-state index contributed by atoms with van der Waals surface area (Å²) in [6.45, 7) is 4.19. The van der Waals surface area contributed by atoms with Crippen molar-refractivity contribution in [2.75, 3.05) is 39.9 Å². The van der Waals surface area contributed by atoms with Crippen LogP contribution in [0, 0.1) is 11.6 Å². The van der Waals surface area contributed by atoms with E-state index in [2.05, 4.69) is 4.90 Å². The molecule has 0 N–H and O–H groups in total. The van der Waals surface area contributed by atoms with Crippen molar-refractivity contribution in [2.45, 2.75) is 44.1 Å². The molecule has 2 aliphatic heterocycles. The molecule has 0 unspecified atom stereocenters. The van der Waals surface area contributed by atoms with Gasteiger partial charge in [-0.2, -0.15) is 0 Å². The molecule has 1 aromatic rings. The van der Waals surface area contributed by atoms with Crippen molar-refractivity contribution in [3.05, 3.63) is 35.4 Å². The summed E-state index contributed by atoms with van der Waals surface area (Å²) in [4.78, 5) is 17.0. The molecule has 0 aliphatic carbocycles. The van der Waals surface area contributed by atoms with Crippen LogP contribution in [0.25, 0.3) is 0 Å². The van der Waals surface area contributed by atoms with Gasteiger partial charge in [0, 0.05) is 38.3 Å². The minimum atomic E-state index is -0.637. The molecule has 2 fully saturated rings. The summed E-state index contributed by atoms with van der Waals surface area (Å²) >= 11 is 0. The first-order valence-corrected chi connectivity index (χ1v) is 9.49. The normalized spacial score (nSPS) is 24.2. The van der Waals surface area contributed by atoms with Crippen LogP contribution in [0.4, 0.5) is 8.78 Å². The fourth-order valence-electron chi connectivity index (χ4n) is 4.54. The average Bonchev–Trinajstić information content (AvgIpc) is 2.83. The third-order valence-corrected chi connectivity index (χ3v) is 5.85. The van der Waals surface area contributed by atoms with E-state index in [1.54, 1.807) is 7.11 Å². The number of amides is 1.